The Kier molecular flexibility index (Phi) is 4.38. The molecule has 1 unspecified atom stereocenters. The summed E-state index contributed by atoms with van der Waals surface area (Å²) >= 11 is 0. The Bertz CT molecular complexity index is 553. The van der Waals surface area contributed by atoms with Crippen LogP contribution in [0.15, 0.2) is 23.1 Å². The van der Waals surface area contributed by atoms with E-state index in [2.05, 4.69) is 4.72 Å². The number of hydrogen-bond donors (Lipinski definition) is 2. The zero-order valence-electron chi connectivity index (χ0n) is 9.95. The number of benzene rings is 1. The molecule has 0 radical (unpaired) electrons. The number of hydrogen-bond acceptors (Lipinski definition) is 5. The third-order valence-corrected chi connectivity index (χ3v) is 3.84. The predicted molar refractivity (Wildman–Crippen MR) is 64.7 cm³/mol. The molecule has 0 saturated carbocycles. The number of rotatable bonds is 5. The van der Waals surface area contributed by atoms with Crippen molar-refractivity contribution in [2.45, 2.75) is 24.8 Å². The molecule has 0 bridgehead atoms. The van der Waals surface area contributed by atoms with E-state index in [-0.39, 0.29) is 17.0 Å². The summed E-state index contributed by atoms with van der Waals surface area (Å²) in [5, 5.41) is 19.9. The maximum absolute atomic E-state index is 12.0. The summed E-state index contributed by atoms with van der Waals surface area (Å²) in [7, 11) is -4.01. The van der Waals surface area contributed by atoms with Crippen molar-refractivity contribution < 1.29 is 18.4 Å². The van der Waals surface area contributed by atoms with Crippen LogP contribution in [0.3, 0.4) is 0 Å². The second kappa shape index (κ2) is 5.42. The molecule has 8 heteroatoms. The van der Waals surface area contributed by atoms with Gasteiger partial charge in [-0.1, -0.05) is 12.1 Å². The lowest BCUT2D eigenvalue weighted by atomic mass is 10.2. The zero-order valence-corrected chi connectivity index (χ0v) is 10.8. The molecule has 0 saturated heterocycles. The highest BCUT2D eigenvalue weighted by atomic mass is 32.2. The van der Waals surface area contributed by atoms with Gasteiger partial charge < -0.3 is 5.11 Å². The molecule has 0 fully saturated rings. The summed E-state index contributed by atoms with van der Waals surface area (Å²) in [5.41, 5.74) is -0.199. The van der Waals surface area contributed by atoms with E-state index in [1.54, 1.807) is 0 Å². The third kappa shape index (κ3) is 3.25. The molecule has 0 aliphatic carbocycles. The molecular formula is C10H14N2O5S. The number of nitrogens with zero attached hydrogens (tertiary/aromatic N) is 1. The van der Waals surface area contributed by atoms with E-state index >= 15 is 0 Å². The van der Waals surface area contributed by atoms with Crippen LogP contribution in [0.5, 0.6) is 0 Å². The number of aliphatic hydroxyl groups excluding tert-OH is 1. The van der Waals surface area contributed by atoms with E-state index < -0.39 is 26.7 Å². The van der Waals surface area contributed by atoms with Crippen molar-refractivity contribution in [3.8, 4) is 0 Å². The van der Waals surface area contributed by atoms with Gasteiger partial charge in [0, 0.05) is 12.6 Å². The van der Waals surface area contributed by atoms with Gasteiger partial charge in [-0.25, -0.2) is 13.1 Å². The minimum absolute atomic E-state index is 0.201. The average Bonchev–Trinajstić information content (AvgIpc) is 2.25. The van der Waals surface area contributed by atoms with Crippen molar-refractivity contribution in [1.82, 2.24) is 4.72 Å². The summed E-state index contributed by atoms with van der Waals surface area (Å²) < 4.78 is 26.0. The molecule has 1 aromatic rings. The van der Waals surface area contributed by atoms with E-state index in [9.17, 15) is 18.5 Å². The maximum atomic E-state index is 12.0. The van der Waals surface area contributed by atoms with Gasteiger partial charge in [-0.05, 0) is 19.4 Å². The summed E-state index contributed by atoms with van der Waals surface area (Å²) in [6, 6.07) is 4.02. The summed E-state index contributed by atoms with van der Waals surface area (Å²) in [5.74, 6) is 0. The largest absolute Gasteiger partial charge is 0.392 e. The van der Waals surface area contributed by atoms with Gasteiger partial charge in [-0.2, -0.15) is 0 Å². The van der Waals surface area contributed by atoms with Crippen molar-refractivity contribution >= 4 is 15.7 Å². The van der Waals surface area contributed by atoms with Crippen LogP contribution < -0.4 is 4.72 Å². The number of nitro benzene ring substituents is 1. The first-order valence-corrected chi connectivity index (χ1v) is 6.65. The molecule has 100 valence electrons. The molecule has 1 rings (SSSR count). The SMILES string of the molecule is Cc1cccc([N+](=O)[O-])c1S(=O)(=O)NCC(C)O. The normalized spacial score (nSPS) is 13.3. The molecule has 0 amide bonds. The number of nitrogens with one attached hydrogen (secondary N) is 1. The molecular weight excluding hydrogens is 260 g/mol. The van der Waals surface area contributed by atoms with E-state index in [4.69, 9.17) is 5.11 Å². The van der Waals surface area contributed by atoms with E-state index in [0.29, 0.717) is 0 Å². The average molecular weight is 274 g/mol. The Morgan fingerprint density at radius 3 is 2.61 bits per heavy atom. The molecule has 1 aromatic carbocycles. The van der Waals surface area contributed by atoms with Crippen LogP contribution in [0, 0.1) is 17.0 Å². The lowest BCUT2D eigenvalue weighted by molar-refractivity contribution is -0.387. The molecule has 0 heterocycles. The minimum Gasteiger partial charge on any atom is -0.392 e. The van der Waals surface area contributed by atoms with E-state index in [1.165, 1.54) is 26.0 Å². The predicted octanol–water partition coefficient (Wildman–Crippen LogP) is 0.562. The van der Waals surface area contributed by atoms with Crippen molar-refractivity contribution in [3.05, 3.63) is 33.9 Å². The molecule has 0 aromatic heterocycles. The summed E-state index contributed by atoms with van der Waals surface area (Å²) in [4.78, 5) is 9.71. The quantitative estimate of drug-likeness (QED) is 0.602. The van der Waals surface area contributed by atoms with E-state index in [0.717, 1.165) is 6.07 Å². The molecule has 18 heavy (non-hydrogen) atoms. The Hall–Kier alpha value is -1.51. The standard InChI is InChI=1S/C10H14N2O5S/c1-7-4-3-5-9(12(14)15)10(7)18(16,17)11-6-8(2)13/h3-5,8,11,13H,6H2,1-2H3. The van der Waals surface area contributed by atoms with Gasteiger partial charge in [-0.3, -0.25) is 10.1 Å². The van der Waals surface area contributed by atoms with Gasteiger partial charge in [-0.15, -0.1) is 0 Å². The fourth-order valence-corrected chi connectivity index (χ4v) is 2.95. The summed E-state index contributed by atoms with van der Waals surface area (Å²) in [6.07, 6.45) is -0.872. The highest BCUT2D eigenvalue weighted by molar-refractivity contribution is 7.89. The van der Waals surface area contributed by atoms with Gasteiger partial charge in [0.05, 0.1) is 11.0 Å². The van der Waals surface area contributed by atoms with Gasteiger partial charge in [0.2, 0.25) is 10.0 Å². The van der Waals surface area contributed by atoms with Crippen molar-refractivity contribution in [2.24, 2.45) is 0 Å². The second-order valence-corrected chi connectivity index (χ2v) is 5.58. The van der Waals surface area contributed by atoms with Gasteiger partial charge in [0.1, 0.15) is 0 Å². The fraction of sp³-hybridized carbons (Fsp3) is 0.400. The lowest BCUT2D eigenvalue weighted by Crippen LogP contribution is -2.31. The first-order valence-electron chi connectivity index (χ1n) is 5.17. The van der Waals surface area contributed by atoms with Gasteiger partial charge in [0.15, 0.2) is 4.90 Å². The van der Waals surface area contributed by atoms with Gasteiger partial charge >= 0.3 is 0 Å². The fourth-order valence-electron chi connectivity index (χ4n) is 1.43. The van der Waals surface area contributed by atoms with Crippen LogP contribution in [-0.4, -0.2) is 31.1 Å². The molecule has 2 N–H and O–H groups in total. The molecule has 0 spiro atoms. The van der Waals surface area contributed by atoms with Crippen LogP contribution >= 0.6 is 0 Å². The Labute approximate surface area is 105 Å². The smallest absolute Gasteiger partial charge is 0.289 e. The Balaban J connectivity index is 3.27. The molecule has 0 aliphatic rings. The summed E-state index contributed by atoms with van der Waals surface area (Å²) in [6.45, 7) is 2.69. The lowest BCUT2D eigenvalue weighted by Gasteiger charge is -2.10. The molecule has 1 atom stereocenters. The maximum Gasteiger partial charge on any atom is 0.289 e. The van der Waals surface area contributed by atoms with E-state index in [1.807, 2.05) is 0 Å². The number of sulfonamides is 1. The number of aliphatic hydroxyl groups is 1. The Morgan fingerprint density at radius 2 is 2.11 bits per heavy atom. The molecule has 0 aliphatic heterocycles. The van der Waals surface area contributed by atoms with Crippen LogP contribution in [0.2, 0.25) is 0 Å². The highest BCUT2D eigenvalue weighted by Crippen LogP contribution is 2.26. The monoisotopic (exact) mass is 274 g/mol. The third-order valence-electron chi connectivity index (χ3n) is 2.23. The number of aryl methyl sites for hydroxylation is 1. The van der Waals surface area contributed by atoms with Crippen LogP contribution in [0.25, 0.3) is 0 Å². The second-order valence-electron chi connectivity index (χ2n) is 3.88. The van der Waals surface area contributed by atoms with Crippen LogP contribution in [0.1, 0.15) is 12.5 Å². The van der Waals surface area contributed by atoms with Crippen molar-refractivity contribution in [3.63, 3.8) is 0 Å². The first kappa shape index (κ1) is 14.6. The highest BCUT2D eigenvalue weighted by Gasteiger charge is 2.27. The van der Waals surface area contributed by atoms with Crippen molar-refractivity contribution in [2.75, 3.05) is 6.54 Å². The molecule has 7 nitrogen and oxygen atoms in total. The van der Waals surface area contributed by atoms with Crippen LogP contribution in [-0.2, 0) is 10.0 Å². The Morgan fingerprint density at radius 1 is 1.50 bits per heavy atom. The van der Waals surface area contributed by atoms with Gasteiger partial charge in [0.25, 0.3) is 5.69 Å². The number of nitro groups is 1. The zero-order chi connectivity index (χ0) is 13.9. The van der Waals surface area contributed by atoms with Crippen molar-refractivity contribution in [1.29, 1.82) is 0 Å². The minimum atomic E-state index is -4.01. The topological polar surface area (TPSA) is 110 Å². The first-order chi connectivity index (χ1) is 8.25. The van der Waals surface area contributed by atoms with Crippen LogP contribution in [0.4, 0.5) is 5.69 Å².